The van der Waals surface area contributed by atoms with Gasteiger partial charge in [-0.15, -0.1) is 11.3 Å². The van der Waals surface area contributed by atoms with E-state index >= 15 is 0 Å². The number of anilines is 1. The van der Waals surface area contributed by atoms with Gasteiger partial charge in [0.15, 0.2) is 0 Å². The van der Waals surface area contributed by atoms with Crippen LogP contribution in [-0.2, 0) is 19.4 Å². The first-order valence-corrected chi connectivity index (χ1v) is 11.3. The molecule has 0 fully saturated rings. The van der Waals surface area contributed by atoms with Crippen molar-refractivity contribution < 1.29 is 4.79 Å². The number of para-hydroxylation sites is 1. The van der Waals surface area contributed by atoms with Crippen molar-refractivity contribution in [3.63, 3.8) is 0 Å². The molecule has 1 atom stereocenters. The van der Waals surface area contributed by atoms with E-state index in [2.05, 4.69) is 17.2 Å². The number of amides is 1. The van der Waals surface area contributed by atoms with Crippen molar-refractivity contribution in [3.05, 3.63) is 92.8 Å². The SMILES string of the molecule is CC1CCc2c(sc3ncn(Cc4ccc(C(=O)Nc5ccccc5)cc4)c(=O)c23)C1. The van der Waals surface area contributed by atoms with Gasteiger partial charge in [-0.1, -0.05) is 37.3 Å². The molecule has 2 aromatic carbocycles. The molecule has 0 saturated heterocycles. The van der Waals surface area contributed by atoms with Gasteiger partial charge in [0.25, 0.3) is 11.5 Å². The molecule has 2 aromatic heterocycles. The Kier molecular flexibility index (Phi) is 5.16. The van der Waals surface area contributed by atoms with Crippen LogP contribution in [0, 0.1) is 5.92 Å². The van der Waals surface area contributed by atoms with E-state index in [0.29, 0.717) is 18.0 Å². The Morgan fingerprint density at radius 1 is 1.16 bits per heavy atom. The largest absolute Gasteiger partial charge is 0.322 e. The van der Waals surface area contributed by atoms with E-state index in [9.17, 15) is 9.59 Å². The number of hydrogen-bond acceptors (Lipinski definition) is 4. The summed E-state index contributed by atoms with van der Waals surface area (Å²) in [6, 6.07) is 16.7. The molecule has 2 heterocycles. The number of fused-ring (bicyclic) bond motifs is 3. The maximum absolute atomic E-state index is 13.2. The van der Waals surface area contributed by atoms with Crippen molar-refractivity contribution in [1.29, 1.82) is 0 Å². The molecule has 0 aliphatic heterocycles. The average molecular weight is 430 g/mol. The van der Waals surface area contributed by atoms with Gasteiger partial charge in [-0.25, -0.2) is 4.98 Å². The predicted molar refractivity (Wildman–Crippen MR) is 125 cm³/mol. The first-order chi connectivity index (χ1) is 15.1. The monoisotopic (exact) mass is 429 g/mol. The van der Waals surface area contributed by atoms with E-state index in [1.54, 1.807) is 34.4 Å². The number of nitrogens with zero attached hydrogens (tertiary/aromatic N) is 2. The smallest absolute Gasteiger partial charge is 0.262 e. The Hall–Kier alpha value is -3.25. The molecule has 156 valence electrons. The summed E-state index contributed by atoms with van der Waals surface area (Å²) in [7, 11) is 0. The third-order valence-electron chi connectivity index (χ3n) is 5.88. The lowest BCUT2D eigenvalue weighted by atomic mass is 9.89. The zero-order chi connectivity index (χ0) is 21.4. The highest BCUT2D eigenvalue weighted by Crippen LogP contribution is 2.35. The summed E-state index contributed by atoms with van der Waals surface area (Å²) in [6.07, 6.45) is 4.77. The molecule has 0 radical (unpaired) electrons. The predicted octanol–water partition coefficient (Wildman–Crippen LogP) is 4.88. The van der Waals surface area contributed by atoms with Crippen LogP contribution in [0.5, 0.6) is 0 Å². The number of carbonyl (C=O) groups excluding carboxylic acids is 1. The highest BCUT2D eigenvalue weighted by Gasteiger charge is 2.23. The lowest BCUT2D eigenvalue weighted by molar-refractivity contribution is 0.102. The molecule has 31 heavy (non-hydrogen) atoms. The van der Waals surface area contributed by atoms with E-state index in [-0.39, 0.29) is 11.5 Å². The molecule has 0 bridgehead atoms. The second-order valence-electron chi connectivity index (χ2n) is 8.23. The normalized spacial score (nSPS) is 15.6. The summed E-state index contributed by atoms with van der Waals surface area (Å²) < 4.78 is 1.67. The van der Waals surface area contributed by atoms with Crippen LogP contribution >= 0.6 is 11.3 Å². The van der Waals surface area contributed by atoms with Crippen LogP contribution < -0.4 is 10.9 Å². The third-order valence-corrected chi connectivity index (χ3v) is 7.05. The Bertz CT molecular complexity index is 1310. The molecule has 1 aliphatic carbocycles. The van der Waals surface area contributed by atoms with E-state index in [1.807, 2.05) is 42.5 Å². The number of aromatic nitrogens is 2. The highest BCUT2D eigenvalue weighted by molar-refractivity contribution is 7.18. The second kappa shape index (κ2) is 8.12. The summed E-state index contributed by atoms with van der Waals surface area (Å²) in [6.45, 7) is 2.70. The minimum absolute atomic E-state index is 0.0305. The molecule has 5 nitrogen and oxygen atoms in total. The lowest BCUT2D eigenvalue weighted by Gasteiger charge is -2.17. The summed E-state index contributed by atoms with van der Waals surface area (Å²) in [5, 5.41) is 3.68. The Morgan fingerprint density at radius 3 is 2.71 bits per heavy atom. The fraction of sp³-hybridized carbons (Fsp3) is 0.240. The van der Waals surface area contributed by atoms with Crippen molar-refractivity contribution in [3.8, 4) is 0 Å². The van der Waals surface area contributed by atoms with Gasteiger partial charge < -0.3 is 5.32 Å². The van der Waals surface area contributed by atoms with Crippen molar-refractivity contribution in [2.24, 2.45) is 5.92 Å². The first kappa shape index (κ1) is 19.7. The van der Waals surface area contributed by atoms with Crippen LogP contribution in [0.15, 0.2) is 65.7 Å². The standard InChI is InChI=1S/C25H23N3O2S/c1-16-7-12-20-21(13-16)31-24-22(20)25(30)28(15-26-24)14-17-8-10-18(11-9-17)23(29)27-19-5-3-2-4-6-19/h2-6,8-11,15-16H,7,12-14H2,1H3,(H,27,29). The van der Waals surface area contributed by atoms with Crippen LogP contribution in [0.1, 0.15) is 39.7 Å². The number of aryl methyl sites for hydroxylation is 1. The van der Waals surface area contributed by atoms with E-state index in [1.165, 1.54) is 10.4 Å². The van der Waals surface area contributed by atoms with Gasteiger partial charge in [0.05, 0.1) is 18.3 Å². The molecule has 0 spiro atoms. The minimum atomic E-state index is -0.155. The Balaban J connectivity index is 1.37. The third kappa shape index (κ3) is 3.91. The van der Waals surface area contributed by atoms with Gasteiger partial charge in [-0.2, -0.15) is 0 Å². The Morgan fingerprint density at radius 2 is 1.94 bits per heavy atom. The van der Waals surface area contributed by atoms with E-state index in [0.717, 1.165) is 40.7 Å². The zero-order valence-corrected chi connectivity index (χ0v) is 18.1. The van der Waals surface area contributed by atoms with Gasteiger partial charge in [0.1, 0.15) is 4.83 Å². The topological polar surface area (TPSA) is 64.0 Å². The van der Waals surface area contributed by atoms with E-state index < -0.39 is 0 Å². The van der Waals surface area contributed by atoms with Gasteiger partial charge in [0.2, 0.25) is 0 Å². The molecular formula is C25H23N3O2S. The summed E-state index contributed by atoms with van der Waals surface area (Å²) in [4.78, 5) is 32.4. The first-order valence-electron chi connectivity index (χ1n) is 10.5. The molecule has 5 rings (SSSR count). The molecule has 1 aliphatic rings. The van der Waals surface area contributed by atoms with Crippen molar-refractivity contribution >= 4 is 33.1 Å². The van der Waals surface area contributed by atoms with Crippen LogP contribution in [-0.4, -0.2) is 15.5 Å². The van der Waals surface area contributed by atoms with Crippen molar-refractivity contribution in [2.75, 3.05) is 5.32 Å². The maximum Gasteiger partial charge on any atom is 0.262 e. The van der Waals surface area contributed by atoms with Gasteiger partial charge in [-0.05, 0) is 60.6 Å². The van der Waals surface area contributed by atoms with Crippen LogP contribution in [0.25, 0.3) is 10.2 Å². The summed E-state index contributed by atoms with van der Waals surface area (Å²) >= 11 is 1.67. The number of thiophene rings is 1. The van der Waals surface area contributed by atoms with Crippen LogP contribution in [0.3, 0.4) is 0 Å². The van der Waals surface area contributed by atoms with Crippen LogP contribution in [0.4, 0.5) is 5.69 Å². The number of benzene rings is 2. The number of hydrogen-bond donors (Lipinski definition) is 1. The number of nitrogens with one attached hydrogen (secondary N) is 1. The number of rotatable bonds is 4. The molecule has 1 unspecified atom stereocenters. The lowest BCUT2D eigenvalue weighted by Crippen LogP contribution is -2.22. The molecule has 0 saturated carbocycles. The van der Waals surface area contributed by atoms with Crippen molar-refractivity contribution in [1.82, 2.24) is 9.55 Å². The maximum atomic E-state index is 13.2. The fourth-order valence-electron chi connectivity index (χ4n) is 4.16. The molecule has 4 aromatic rings. The molecule has 1 N–H and O–H groups in total. The van der Waals surface area contributed by atoms with Crippen molar-refractivity contribution in [2.45, 2.75) is 32.7 Å². The van der Waals surface area contributed by atoms with E-state index in [4.69, 9.17) is 0 Å². The second-order valence-corrected chi connectivity index (χ2v) is 9.31. The van der Waals surface area contributed by atoms with Gasteiger partial charge >= 0.3 is 0 Å². The molecule has 6 heteroatoms. The Labute approximate surface area is 184 Å². The van der Waals surface area contributed by atoms with Gasteiger partial charge in [0, 0.05) is 16.1 Å². The number of carbonyl (C=O) groups is 1. The minimum Gasteiger partial charge on any atom is -0.322 e. The molecule has 1 amide bonds. The zero-order valence-electron chi connectivity index (χ0n) is 17.3. The summed E-state index contributed by atoms with van der Waals surface area (Å²) in [5.74, 6) is 0.512. The quantitative estimate of drug-likeness (QED) is 0.503. The van der Waals surface area contributed by atoms with Gasteiger partial charge in [-0.3, -0.25) is 14.2 Å². The van der Waals surface area contributed by atoms with Crippen LogP contribution in [0.2, 0.25) is 0 Å². The fourth-order valence-corrected chi connectivity index (χ4v) is 5.50. The average Bonchev–Trinajstić information content (AvgIpc) is 3.15. The molecular weight excluding hydrogens is 406 g/mol. The highest BCUT2D eigenvalue weighted by atomic mass is 32.1. The summed E-state index contributed by atoms with van der Waals surface area (Å²) in [5.41, 5.74) is 3.53.